The fraction of sp³-hybridized carbons (Fsp3) is 0.118. The molecule has 2 heterocycles. The molecule has 1 N–H and O–H groups in total. The van der Waals surface area contributed by atoms with Crippen LogP contribution in [-0.2, 0) is 11.2 Å². The number of ketones is 1. The number of furan rings is 1. The zero-order valence-corrected chi connectivity index (χ0v) is 13.0. The Morgan fingerprint density at radius 1 is 1.13 bits per heavy atom. The van der Waals surface area contributed by atoms with Crippen LogP contribution in [0.3, 0.4) is 0 Å². The Labute approximate surface area is 137 Å². The molecule has 2 aromatic heterocycles. The monoisotopic (exact) mass is 326 g/mol. The van der Waals surface area contributed by atoms with E-state index >= 15 is 0 Å². The topological polar surface area (TPSA) is 72.2 Å². The van der Waals surface area contributed by atoms with Crippen molar-refractivity contribution in [1.82, 2.24) is 10.3 Å². The lowest BCUT2D eigenvalue weighted by molar-refractivity contribution is -0.117. The molecule has 0 radical (unpaired) electrons. The Bertz CT molecular complexity index is 794. The Hall–Kier alpha value is -2.73. The minimum atomic E-state index is -0.667. The molecular formula is C17H14N2O3S. The van der Waals surface area contributed by atoms with Crippen molar-refractivity contribution in [3.63, 3.8) is 0 Å². The first-order valence-electron chi connectivity index (χ1n) is 7.10. The van der Waals surface area contributed by atoms with Crippen LogP contribution in [0.2, 0.25) is 0 Å². The van der Waals surface area contributed by atoms with E-state index in [0.717, 1.165) is 16.3 Å². The number of thiazole rings is 1. The number of aromatic nitrogens is 1. The molecule has 3 rings (SSSR count). The van der Waals surface area contributed by atoms with Crippen molar-refractivity contribution < 1.29 is 14.0 Å². The molecule has 3 aromatic rings. The molecule has 5 nitrogen and oxygen atoms in total. The molecule has 0 spiro atoms. The van der Waals surface area contributed by atoms with Crippen LogP contribution in [0, 0.1) is 0 Å². The molecular weight excluding hydrogens is 312 g/mol. The van der Waals surface area contributed by atoms with Crippen molar-refractivity contribution in [1.29, 1.82) is 0 Å². The van der Waals surface area contributed by atoms with Gasteiger partial charge in [-0.05, 0) is 12.1 Å². The molecule has 0 aliphatic carbocycles. The molecule has 0 aliphatic heterocycles. The average molecular weight is 326 g/mol. The molecule has 0 aliphatic rings. The lowest BCUT2D eigenvalue weighted by atomic mass is 10.2. The second-order valence-electron chi connectivity index (χ2n) is 4.80. The predicted molar refractivity (Wildman–Crippen MR) is 87.3 cm³/mol. The van der Waals surface area contributed by atoms with Gasteiger partial charge in [-0.1, -0.05) is 30.3 Å². The fourth-order valence-corrected chi connectivity index (χ4v) is 2.86. The lowest BCUT2D eigenvalue weighted by Gasteiger charge is -2.01. The third kappa shape index (κ3) is 3.73. The molecule has 0 saturated carbocycles. The van der Waals surface area contributed by atoms with Gasteiger partial charge in [-0.25, -0.2) is 4.98 Å². The van der Waals surface area contributed by atoms with Crippen LogP contribution >= 0.6 is 11.3 Å². The standard InChI is InChI=1S/C17H14N2O3S/c20-16(14-7-4-10-22-14)17(21)18-9-8-15-19-13(11-23-15)12-5-2-1-3-6-12/h1-7,10-11H,8-9H2,(H,18,21). The maximum atomic E-state index is 11.7. The number of rotatable bonds is 6. The van der Waals surface area contributed by atoms with Crippen LogP contribution < -0.4 is 5.32 Å². The van der Waals surface area contributed by atoms with Crippen LogP contribution in [0.4, 0.5) is 0 Å². The van der Waals surface area contributed by atoms with Gasteiger partial charge in [0, 0.05) is 23.9 Å². The van der Waals surface area contributed by atoms with Crippen molar-refractivity contribution in [2.45, 2.75) is 6.42 Å². The Balaban J connectivity index is 1.52. The van der Waals surface area contributed by atoms with E-state index in [9.17, 15) is 9.59 Å². The van der Waals surface area contributed by atoms with Gasteiger partial charge in [-0.2, -0.15) is 0 Å². The number of nitrogens with zero attached hydrogens (tertiary/aromatic N) is 1. The average Bonchev–Trinajstić information content (AvgIpc) is 3.27. The van der Waals surface area contributed by atoms with Gasteiger partial charge in [0.1, 0.15) is 0 Å². The third-order valence-corrected chi connectivity index (χ3v) is 4.11. The van der Waals surface area contributed by atoms with Gasteiger partial charge < -0.3 is 9.73 Å². The molecule has 0 saturated heterocycles. The number of Topliss-reactive ketones (excluding diaryl/α,β-unsaturated/α-hetero) is 1. The lowest BCUT2D eigenvalue weighted by Crippen LogP contribution is -2.32. The number of nitrogens with one attached hydrogen (secondary N) is 1. The second kappa shape index (κ2) is 7.02. The van der Waals surface area contributed by atoms with Crippen LogP contribution in [0.25, 0.3) is 11.3 Å². The predicted octanol–water partition coefficient (Wildman–Crippen LogP) is 2.94. The number of carbonyl (C=O) groups excluding carboxylic acids is 2. The summed E-state index contributed by atoms with van der Waals surface area (Å²) in [5.74, 6) is -1.29. The van der Waals surface area contributed by atoms with E-state index in [0.29, 0.717) is 13.0 Å². The smallest absolute Gasteiger partial charge is 0.295 e. The summed E-state index contributed by atoms with van der Waals surface area (Å²) in [4.78, 5) is 28.0. The van der Waals surface area contributed by atoms with Gasteiger partial charge >= 0.3 is 0 Å². The van der Waals surface area contributed by atoms with E-state index in [2.05, 4.69) is 10.3 Å². The van der Waals surface area contributed by atoms with E-state index in [-0.39, 0.29) is 5.76 Å². The molecule has 0 fully saturated rings. The van der Waals surface area contributed by atoms with Gasteiger partial charge in [-0.15, -0.1) is 11.3 Å². The first-order valence-corrected chi connectivity index (χ1v) is 7.98. The largest absolute Gasteiger partial charge is 0.461 e. The quantitative estimate of drug-likeness (QED) is 0.558. The summed E-state index contributed by atoms with van der Waals surface area (Å²) in [6.07, 6.45) is 1.94. The van der Waals surface area contributed by atoms with Crippen molar-refractivity contribution in [3.8, 4) is 11.3 Å². The maximum Gasteiger partial charge on any atom is 0.295 e. The summed E-state index contributed by atoms with van der Waals surface area (Å²) in [5.41, 5.74) is 1.98. The highest BCUT2D eigenvalue weighted by atomic mass is 32.1. The van der Waals surface area contributed by atoms with E-state index in [1.807, 2.05) is 35.7 Å². The fourth-order valence-electron chi connectivity index (χ4n) is 2.05. The van der Waals surface area contributed by atoms with Crippen LogP contribution in [-0.4, -0.2) is 23.2 Å². The van der Waals surface area contributed by atoms with Gasteiger partial charge in [-0.3, -0.25) is 9.59 Å². The summed E-state index contributed by atoms with van der Waals surface area (Å²) in [5, 5.41) is 5.48. The van der Waals surface area contributed by atoms with Gasteiger partial charge in [0.25, 0.3) is 11.7 Å². The SMILES string of the molecule is O=C(NCCc1nc(-c2ccccc2)cs1)C(=O)c1ccco1. The van der Waals surface area contributed by atoms with Crippen molar-refractivity contribution >= 4 is 23.0 Å². The minimum Gasteiger partial charge on any atom is -0.461 e. The van der Waals surface area contributed by atoms with Crippen molar-refractivity contribution in [2.75, 3.05) is 6.54 Å². The summed E-state index contributed by atoms with van der Waals surface area (Å²) in [6.45, 7) is 0.354. The van der Waals surface area contributed by atoms with E-state index in [1.165, 1.54) is 23.7 Å². The van der Waals surface area contributed by atoms with E-state index in [4.69, 9.17) is 4.42 Å². The summed E-state index contributed by atoms with van der Waals surface area (Å²) in [6, 6.07) is 12.9. The maximum absolute atomic E-state index is 11.7. The molecule has 0 unspecified atom stereocenters. The molecule has 1 amide bonds. The van der Waals surface area contributed by atoms with E-state index < -0.39 is 11.7 Å². The molecule has 23 heavy (non-hydrogen) atoms. The zero-order chi connectivity index (χ0) is 16.1. The zero-order valence-electron chi connectivity index (χ0n) is 12.2. The normalized spacial score (nSPS) is 10.4. The van der Waals surface area contributed by atoms with Crippen LogP contribution in [0.5, 0.6) is 0 Å². The van der Waals surface area contributed by atoms with Gasteiger partial charge in [0.15, 0.2) is 5.76 Å². The summed E-state index contributed by atoms with van der Waals surface area (Å²) < 4.78 is 4.91. The summed E-state index contributed by atoms with van der Waals surface area (Å²) >= 11 is 1.54. The summed E-state index contributed by atoms with van der Waals surface area (Å²) in [7, 11) is 0. The molecule has 0 bridgehead atoms. The number of hydrogen-bond acceptors (Lipinski definition) is 5. The third-order valence-electron chi connectivity index (χ3n) is 3.20. The highest BCUT2D eigenvalue weighted by Gasteiger charge is 2.18. The van der Waals surface area contributed by atoms with Crippen LogP contribution in [0.15, 0.2) is 58.5 Å². The first-order chi connectivity index (χ1) is 11.2. The molecule has 6 heteroatoms. The first kappa shape index (κ1) is 15.2. The Morgan fingerprint density at radius 3 is 2.70 bits per heavy atom. The van der Waals surface area contributed by atoms with Crippen molar-refractivity contribution in [2.24, 2.45) is 0 Å². The van der Waals surface area contributed by atoms with Crippen molar-refractivity contribution in [3.05, 3.63) is 64.9 Å². The number of amides is 1. The highest BCUT2D eigenvalue weighted by Crippen LogP contribution is 2.21. The van der Waals surface area contributed by atoms with Crippen LogP contribution in [0.1, 0.15) is 15.6 Å². The van der Waals surface area contributed by atoms with E-state index in [1.54, 1.807) is 6.07 Å². The Kier molecular flexibility index (Phi) is 4.63. The van der Waals surface area contributed by atoms with Gasteiger partial charge in [0.05, 0.1) is 17.0 Å². The highest BCUT2D eigenvalue weighted by molar-refractivity contribution is 7.09. The van der Waals surface area contributed by atoms with Gasteiger partial charge in [0.2, 0.25) is 0 Å². The molecule has 1 aromatic carbocycles. The molecule has 116 valence electrons. The minimum absolute atomic E-state index is 0.0445. The number of benzene rings is 1. The number of hydrogen-bond donors (Lipinski definition) is 1. The number of carbonyl (C=O) groups is 2. The molecule has 0 atom stereocenters. The second-order valence-corrected chi connectivity index (χ2v) is 5.75. The Morgan fingerprint density at radius 2 is 1.96 bits per heavy atom.